The fraction of sp³-hybridized carbons (Fsp3) is 0.929. The summed E-state index contributed by atoms with van der Waals surface area (Å²) in [6, 6.07) is 0. The molecule has 0 aromatic heterocycles. The first-order valence-corrected chi connectivity index (χ1v) is 7.34. The molecule has 2 saturated heterocycles. The molecule has 2 aliphatic rings. The van der Waals surface area contributed by atoms with Gasteiger partial charge in [0.15, 0.2) is 0 Å². The molecule has 2 aliphatic heterocycles. The van der Waals surface area contributed by atoms with E-state index in [2.05, 4.69) is 5.32 Å². The summed E-state index contributed by atoms with van der Waals surface area (Å²) in [6.07, 6.45) is 3.88. The lowest BCUT2D eigenvalue weighted by atomic mass is 9.90. The monoisotopic (exact) mass is 271 g/mol. The average molecular weight is 271 g/mol. The van der Waals surface area contributed by atoms with E-state index < -0.39 is 5.60 Å². The van der Waals surface area contributed by atoms with E-state index >= 15 is 0 Å². The van der Waals surface area contributed by atoms with Gasteiger partial charge in [-0.05, 0) is 19.3 Å². The molecule has 1 amide bonds. The van der Waals surface area contributed by atoms with Crippen LogP contribution in [-0.4, -0.2) is 49.1 Å². The third-order valence-electron chi connectivity index (χ3n) is 4.19. The van der Waals surface area contributed by atoms with Crippen molar-refractivity contribution in [1.82, 2.24) is 5.32 Å². The molecule has 0 radical (unpaired) electrons. The molecule has 0 aromatic rings. The van der Waals surface area contributed by atoms with Crippen LogP contribution in [0.1, 0.15) is 39.0 Å². The molecule has 5 nitrogen and oxygen atoms in total. The minimum atomic E-state index is -0.800. The van der Waals surface area contributed by atoms with Gasteiger partial charge in [0.25, 0.3) is 0 Å². The van der Waals surface area contributed by atoms with Crippen LogP contribution < -0.4 is 5.32 Å². The van der Waals surface area contributed by atoms with Crippen molar-refractivity contribution >= 4 is 5.91 Å². The van der Waals surface area contributed by atoms with Gasteiger partial charge < -0.3 is 19.9 Å². The van der Waals surface area contributed by atoms with Gasteiger partial charge in [0.2, 0.25) is 5.91 Å². The van der Waals surface area contributed by atoms with Gasteiger partial charge in [-0.3, -0.25) is 4.79 Å². The molecule has 0 saturated carbocycles. The number of carbonyl (C=O) groups is 1. The number of nitrogens with one attached hydrogen (secondary N) is 1. The average Bonchev–Trinajstić information content (AvgIpc) is 2.45. The SMILES string of the molecule is CC[C@@H]1OCCC[C@@H]1C(=O)NCC1(O)CCOCC1. The molecule has 2 atom stereocenters. The molecule has 0 bridgehead atoms. The van der Waals surface area contributed by atoms with Crippen molar-refractivity contribution in [3.8, 4) is 0 Å². The van der Waals surface area contributed by atoms with Crippen LogP contribution in [0.25, 0.3) is 0 Å². The molecule has 19 heavy (non-hydrogen) atoms. The van der Waals surface area contributed by atoms with Gasteiger partial charge in [-0.25, -0.2) is 0 Å². The second-order valence-electron chi connectivity index (χ2n) is 5.62. The molecule has 0 unspecified atom stereocenters. The molecule has 110 valence electrons. The van der Waals surface area contributed by atoms with Gasteiger partial charge in [0.05, 0.1) is 17.6 Å². The summed E-state index contributed by atoms with van der Waals surface area (Å²) in [5, 5.41) is 13.2. The molecule has 5 heteroatoms. The first-order chi connectivity index (χ1) is 9.14. The van der Waals surface area contributed by atoms with E-state index in [0.29, 0.717) is 32.6 Å². The summed E-state index contributed by atoms with van der Waals surface area (Å²) < 4.78 is 10.9. The highest BCUT2D eigenvalue weighted by Gasteiger charge is 2.34. The Labute approximate surface area is 114 Å². The second-order valence-corrected chi connectivity index (χ2v) is 5.62. The van der Waals surface area contributed by atoms with Crippen LogP contribution in [0.2, 0.25) is 0 Å². The van der Waals surface area contributed by atoms with Crippen molar-refractivity contribution in [3.63, 3.8) is 0 Å². The molecule has 2 rings (SSSR count). The van der Waals surface area contributed by atoms with Crippen molar-refractivity contribution < 1.29 is 19.4 Å². The van der Waals surface area contributed by atoms with E-state index in [4.69, 9.17) is 9.47 Å². The first-order valence-electron chi connectivity index (χ1n) is 7.34. The summed E-state index contributed by atoms with van der Waals surface area (Å²) in [6.45, 7) is 4.25. The van der Waals surface area contributed by atoms with Gasteiger partial charge in [-0.1, -0.05) is 6.92 Å². The number of hydrogen-bond donors (Lipinski definition) is 2. The Balaban J connectivity index is 1.82. The molecule has 0 spiro atoms. The molecule has 2 fully saturated rings. The highest BCUT2D eigenvalue weighted by molar-refractivity contribution is 5.79. The Morgan fingerprint density at radius 3 is 2.79 bits per heavy atom. The third kappa shape index (κ3) is 3.91. The van der Waals surface area contributed by atoms with Crippen molar-refractivity contribution in [2.45, 2.75) is 50.7 Å². The topological polar surface area (TPSA) is 67.8 Å². The van der Waals surface area contributed by atoms with E-state index in [1.54, 1.807) is 0 Å². The Kier molecular flexibility index (Phi) is 5.19. The van der Waals surface area contributed by atoms with Gasteiger partial charge in [0, 0.05) is 39.2 Å². The van der Waals surface area contributed by atoms with Crippen LogP contribution in [-0.2, 0) is 14.3 Å². The van der Waals surface area contributed by atoms with Crippen LogP contribution >= 0.6 is 0 Å². The maximum absolute atomic E-state index is 12.2. The zero-order valence-electron chi connectivity index (χ0n) is 11.7. The minimum Gasteiger partial charge on any atom is -0.388 e. The van der Waals surface area contributed by atoms with Gasteiger partial charge in [-0.2, -0.15) is 0 Å². The number of ether oxygens (including phenoxy) is 2. The number of amides is 1. The van der Waals surface area contributed by atoms with Crippen molar-refractivity contribution in [2.24, 2.45) is 5.92 Å². The summed E-state index contributed by atoms with van der Waals surface area (Å²) in [7, 11) is 0. The second kappa shape index (κ2) is 6.68. The molecular weight excluding hydrogens is 246 g/mol. The van der Waals surface area contributed by atoms with Gasteiger partial charge >= 0.3 is 0 Å². The van der Waals surface area contributed by atoms with Crippen LogP contribution in [0.3, 0.4) is 0 Å². The van der Waals surface area contributed by atoms with Crippen LogP contribution in [0, 0.1) is 5.92 Å². The number of rotatable bonds is 4. The molecule has 2 N–H and O–H groups in total. The molecule has 2 heterocycles. The van der Waals surface area contributed by atoms with Gasteiger partial charge in [-0.15, -0.1) is 0 Å². The fourth-order valence-electron chi connectivity index (χ4n) is 2.85. The van der Waals surface area contributed by atoms with Crippen molar-refractivity contribution in [2.75, 3.05) is 26.4 Å². The zero-order valence-corrected chi connectivity index (χ0v) is 11.7. The maximum atomic E-state index is 12.2. The van der Waals surface area contributed by atoms with Crippen molar-refractivity contribution in [3.05, 3.63) is 0 Å². The standard InChI is InChI=1S/C14H25NO4/c1-2-12-11(4-3-7-19-12)13(16)15-10-14(17)5-8-18-9-6-14/h11-12,17H,2-10H2,1H3,(H,15,16)/t11-,12-/m0/s1. The quantitative estimate of drug-likeness (QED) is 0.795. The Morgan fingerprint density at radius 1 is 1.37 bits per heavy atom. The highest BCUT2D eigenvalue weighted by atomic mass is 16.5. The zero-order chi connectivity index (χ0) is 13.7. The third-order valence-corrected chi connectivity index (χ3v) is 4.19. The lowest BCUT2D eigenvalue weighted by Crippen LogP contribution is -2.50. The number of carbonyl (C=O) groups excluding carboxylic acids is 1. The van der Waals surface area contributed by atoms with E-state index in [0.717, 1.165) is 25.9 Å². The summed E-state index contributed by atoms with van der Waals surface area (Å²) in [4.78, 5) is 12.2. The highest BCUT2D eigenvalue weighted by Crippen LogP contribution is 2.24. The molecule has 0 aromatic carbocycles. The fourth-order valence-corrected chi connectivity index (χ4v) is 2.85. The van der Waals surface area contributed by atoms with Crippen LogP contribution in [0.5, 0.6) is 0 Å². The maximum Gasteiger partial charge on any atom is 0.225 e. The van der Waals surface area contributed by atoms with Crippen LogP contribution in [0.4, 0.5) is 0 Å². The smallest absolute Gasteiger partial charge is 0.225 e. The Morgan fingerprint density at radius 2 is 2.11 bits per heavy atom. The van der Waals surface area contributed by atoms with E-state index in [-0.39, 0.29) is 17.9 Å². The van der Waals surface area contributed by atoms with Crippen molar-refractivity contribution in [1.29, 1.82) is 0 Å². The van der Waals surface area contributed by atoms with E-state index in [1.807, 2.05) is 6.92 Å². The predicted molar refractivity (Wildman–Crippen MR) is 70.8 cm³/mol. The summed E-state index contributed by atoms with van der Waals surface area (Å²) in [5.41, 5.74) is -0.800. The lowest BCUT2D eigenvalue weighted by molar-refractivity contribution is -0.136. The van der Waals surface area contributed by atoms with Crippen LogP contribution in [0.15, 0.2) is 0 Å². The molecule has 0 aliphatic carbocycles. The summed E-state index contributed by atoms with van der Waals surface area (Å²) in [5.74, 6) is -0.0475. The van der Waals surface area contributed by atoms with E-state index in [1.165, 1.54) is 0 Å². The Bertz CT molecular complexity index is 302. The largest absolute Gasteiger partial charge is 0.388 e. The Hall–Kier alpha value is -0.650. The predicted octanol–water partition coefficient (Wildman–Crippen LogP) is 0.849. The number of hydrogen-bond acceptors (Lipinski definition) is 4. The first kappa shape index (κ1) is 14.8. The lowest BCUT2D eigenvalue weighted by Gasteiger charge is -2.34. The molecular formula is C14H25NO4. The van der Waals surface area contributed by atoms with E-state index in [9.17, 15) is 9.90 Å². The normalized spacial score (nSPS) is 30.8. The summed E-state index contributed by atoms with van der Waals surface area (Å²) >= 11 is 0. The minimum absolute atomic E-state index is 0.0199. The van der Waals surface area contributed by atoms with Gasteiger partial charge in [0.1, 0.15) is 0 Å². The number of aliphatic hydroxyl groups is 1.